The van der Waals surface area contributed by atoms with Crippen molar-refractivity contribution >= 4 is 17.6 Å². The molecular weight excluding hydrogens is 332 g/mol. The quantitative estimate of drug-likeness (QED) is 0.862. The maximum absolute atomic E-state index is 13.3. The molecule has 1 aromatic rings. The fourth-order valence-electron chi connectivity index (χ4n) is 3.01. The number of carbonyl (C=O) groups is 2. The first-order valence-electron chi connectivity index (χ1n) is 8.44. The van der Waals surface area contributed by atoms with Gasteiger partial charge in [0, 0.05) is 12.1 Å². The van der Waals surface area contributed by atoms with Crippen LogP contribution in [0, 0.1) is 5.92 Å². The maximum atomic E-state index is 13.3. The highest BCUT2D eigenvalue weighted by atomic mass is 19.3. The zero-order valence-electron chi connectivity index (χ0n) is 15.0. The van der Waals surface area contributed by atoms with Gasteiger partial charge in [0.2, 0.25) is 0 Å². The van der Waals surface area contributed by atoms with Gasteiger partial charge in [0.15, 0.2) is 5.69 Å². The van der Waals surface area contributed by atoms with E-state index in [1.165, 1.54) is 10.9 Å². The lowest BCUT2D eigenvalue weighted by Crippen LogP contribution is -2.27. The van der Waals surface area contributed by atoms with Crippen LogP contribution in [0.1, 0.15) is 71.5 Å². The minimum atomic E-state index is -2.81. The maximum Gasteiger partial charge on any atom is 0.412 e. The number of hydrogen-bond acceptors (Lipinski definition) is 4. The average molecular weight is 357 g/mol. The van der Waals surface area contributed by atoms with Crippen molar-refractivity contribution in [2.45, 2.75) is 71.4 Å². The first kappa shape index (κ1) is 19.3. The van der Waals surface area contributed by atoms with Crippen LogP contribution >= 0.6 is 0 Å². The van der Waals surface area contributed by atoms with E-state index in [1.807, 2.05) is 0 Å². The van der Waals surface area contributed by atoms with Crippen LogP contribution in [0.4, 0.5) is 19.3 Å². The van der Waals surface area contributed by atoms with Gasteiger partial charge in [-0.1, -0.05) is 0 Å². The molecular formula is C17H25F2N3O3. The highest BCUT2D eigenvalue weighted by Gasteiger charge is 2.28. The number of ether oxygens (including phenoxy) is 1. The summed E-state index contributed by atoms with van der Waals surface area (Å²) in [4.78, 5) is 23.3. The molecule has 0 spiro atoms. The molecule has 1 aromatic heterocycles. The van der Waals surface area contributed by atoms with E-state index < -0.39 is 23.8 Å². The Hall–Kier alpha value is -1.99. The molecule has 1 fully saturated rings. The van der Waals surface area contributed by atoms with E-state index in [1.54, 1.807) is 27.7 Å². The van der Waals surface area contributed by atoms with Crippen LogP contribution in [-0.4, -0.2) is 27.3 Å². The molecule has 6 nitrogen and oxygen atoms in total. The van der Waals surface area contributed by atoms with E-state index in [2.05, 4.69) is 10.4 Å². The molecule has 1 N–H and O–H groups in total. The molecule has 2 rings (SSSR count). The monoisotopic (exact) mass is 357 g/mol. The van der Waals surface area contributed by atoms with E-state index in [-0.39, 0.29) is 23.4 Å². The highest BCUT2D eigenvalue weighted by molar-refractivity contribution is 5.85. The molecule has 140 valence electrons. The normalized spacial score (nSPS) is 21.2. The minimum Gasteiger partial charge on any atom is -0.444 e. The van der Waals surface area contributed by atoms with Crippen molar-refractivity contribution in [1.29, 1.82) is 0 Å². The second-order valence-corrected chi connectivity index (χ2v) is 7.45. The first-order chi connectivity index (χ1) is 11.6. The number of Topliss-reactive ketones (excluding diaryl/α,β-unsaturated/α-hetero) is 1. The number of alkyl halides is 2. The average Bonchev–Trinajstić information content (AvgIpc) is 2.89. The number of rotatable bonds is 4. The zero-order valence-corrected chi connectivity index (χ0v) is 15.0. The van der Waals surface area contributed by atoms with Gasteiger partial charge in [-0.2, -0.15) is 5.10 Å². The SMILES string of the molecule is CC(=O)C1CCC(n2cc(NC(=O)OC(C)(C)C)c(C(F)F)n2)CC1. The van der Waals surface area contributed by atoms with Crippen LogP contribution in [0.15, 0.2) is 6.20 Å². The van der Waals surface area contributed by atoms with Crippen LogP contribution < -0.4 is 5.32 Å². The fraction of sp³-hybridized carbons (Fsp3) is 0.706. The lowest BCUT2D eigenvalue weighted by Gasteiger charge is -2.27. The molecule has 1 aliphatic rings. The molecule has 1 saturated carbocycles. The summed E-state index contributed by atoms with van der Waals surface area (Å²) in [6, 6.07) is -0.0534. The smallest absolute Gasteiger partial charge is 0.412 e. The molecule has 0 bridgehead atoms. The van der Waals surface area contributed by atoms with Crippen molar-refractivity contribution in [2.75, 3.05) is 5.32 Å². The van der Waals surface area contributed by atoms with Crippen LogP contribution in [-0.2, 0) is 9.53 Å². The Morgan fingerprint density at radius 1 is 1.28 bits per heavy atom. The topological polar surface area (TPSA) is 73.2 Å². The van der Waals surface area contributed by atoms with Gasteiger partial charge in [-0.15, -0.1) is 0 Å². The van der Waals surface area contributed by atoms with Gasteiger partial charge < -0.3 is 4.74 Å². The molecule has 8 heteroatoms. The summed E-state index contributed by atoms with van der Waals surface area (Å²) in [5, 5.41) is 6.32. The highest BCUT2D eigenvalue weighted by Crippen LogP contribution is 2.35. The van der Waals surface area contributed by atoms with E-state index in [4.69, 9.17) is 4.74 Å². The van der Waals surface area contributed by atoms with Gasteiger partial charge in [-0.05, 0) is 53.4 Å². The molecule has 1 aliphatic carbocycles. The Bertz CT molecular complexity index is 630. The summed E-state index contributed by atoms with van der Waals surface area (Å²) in [5.41, 5.74) is -1.24. The Labute approximate surface area is 145 Å². The van der Waals surface area contributed by atoms with E-state index in [0.29, 0.717) is 12.8 Å². The van der Waals surface area contributed by atoms with Gasteiger partial charge in [-0.25, -0.2) is 13.6 Å². The number of carbonyl (C=O) groups excluding carboxylic acids is 2. The first-order valence-corrected chi connectivity index (χ1v) is 8.44. The standard InChI is InChI=1S/C17H25F2N3O3/c1-10(23)11-5-7-12(8-6-11)22-9-13(14(21-22)15(18)19)20-16(24)25-17(2,3)4/h9,11-12,15H,5-8H2,1-4H3,(H,20,24). The van der Waals surface area contributed by atoms with Gasteiger partial charge in [0.05, 0.1) is 11.7 Å². The van der Waals surface area contributed by atoms with Crippen LogP contribution in [0.3, 0.4) is 0 Å². The lowest BCUT2D eigenvalue weighted by atomic mass is 9.84. The molecule has 1 heterocycles. The number of halogens is 2. The molecule has 0 radical (unpaired) electrons. The fourth-order valence-corrected chi connectivity index (χ4v) is 3.01. The number of anilines is 1. The van der Waals surface area contributed by atoms with Crippen molar-refractivity contribution in [3.63, 3.8) is 0 Å². The predicted molar refractivity (Wildman–Crippen MR) is 88.7 cm³/mol. The van der Waals surface area contributed by atoms with Crippen molar-refractivity contribution in [1.82, 2.24) is 9.78 Å². The third-order valence-electron chi connectivity index (χ3n) is 4.25. The molecule has 0 saturated heterocycles. The molecule has 0 atom stereocenters. The van der Waals surface area contributed by atoms with Crippen molar-refractivity contribution in [3.05, 3.63) is 11.9 Å². The molecule has 0 unspecified atom stereocenters. The number of hydrogen-bond donors (Lipinski definition) is 1. The number of amides is 1. The van der Waals surface area contributed by atoms with E-state index in [9.17, 15) is 18.4 Å². The molecule has 0 aromatic carbocycles. The number of aromatic nitrogens is 2. The summed E-state index contributed by atoms with van der Waals surface area (Å²) < 4.78 is 33.1. The predicted octanol–water partition coefficient (Wildman–Crippen LogP) is 4.49. The summed E-state index contributed by atoms with van der Waals surface area (Å²) in [7, 11) is 0. The van der Waals surface area contributed by atoms with Crippen molar-refractivity contribution in [2.24, 2.45) is 5.92 Å². The third-order valence-corrected chi connectivity index (χ3v) is 4.25. The number of nitrogens with zero attached hydrogens (tertiary/aromatic N) is 2. The van der Waals surface area contributed by atoms with E-state index in [0.717, 1.165) is 12.8 Å². The van der Waals surface area contributed by atoms with Crippen molar-refractivity contribution < 1.29 is 23.1 Å². The largest absolute Gasteiger partial charge is 0.444 e. The minimum absolute atomic E-state index is 0.0424. The van der Waals surface area contributed by atoms with Gasteiger partial charge in [0.25, 0.3) is 6.43 Å². The third kappa shape index (κ3) is 5.24. The van der Waals surface area contributed by atoms with Crippen LogP contribution in [0.25, 0.3) is 0 Å². The van der Waals surface area contributed by atoms with E-state index >= 15 is 0 Å². The summed E-state index contributed by atoms with van der Waals surface area (Å²) in [5.74, 6) is 0.209. The zero-order chi connectivity index (χ0) is 18.8. The van der Waals surface area contributed by atoms with Crippen molar-refractivity contribution in [3.8, 4) is 0 Å². The molecule has 0 aliphatic heterocycles. The van der Waals surface area contributed by atoms with Crippen LogP contribution in [0.5, 0.6) is 0 Å². The van der Waals surface area contributed by atoms with Gasteiger partial charge >= 0.3 is 6.09 Å². The Morgan fingerprint density at radius 2 is 1.88 bits per heavy atom. The van der Waals surface area contributed by atoms with Crippen LogP contribution in [0.2, 0.25) is 0 Å². The second kappa shape index (κ2) is 7.49. The second-order valence-electron chi connectivity index (χ2n) is 7.45. The lowest BCUT2D eigenvalue weighted by molar-refractivity contribution is -0.121. The summed E-state index contributed by atoms with van der Waals surface area (Å²) in [6.07, 6.45) is 0.650. The van der Waals surface area contributed by atoms with Gasteiger partial charge in [-0.3, -0.25) is 14.8 Å². The van der Waals surface area contributed by atoms with Gasteiger partial charge in [0.1, 0.15) is 11.4 Å². The number of ketones is 1. The number of nitrogens with one attached hydrogen (secondary N) is 1. The Kier molecular flexibility index (Phi) is 5.80. The Morgan fingerprint density at radius 3 is 2.36 bits per heavy atom. The summed E-state index contributed by atoms with van der Waals surface area (Å²) >= 11 is 0. The molecule has 1 amide bonds. The Balaban J connectivity index is 2.11. The molecule has 25 heavy (non-hydrogen) atoms. The summed E-state index contributed by atoms with van der Waals surface area (Å²) in [6.45, 7) is 6.66.